The fraction of sp³-hybridized carbons (Fsp3) is 0.0833. The third-order valence-corrected chi connectivity index (χ3v) is 2.52. The summed E-state index contributed by atoms with van der Waals surface area (Å²) in [4.78, 5) is 19.1. The van der Waals surface area contributed by atoms with Crippen molar-refractivity contribution in [2.24, 2.45) is 10.2 Å². The smallest absolute Gasteiger partial charge is 0.340 e. The number of methoxy groups -OCH3 is 1. The number of anilines is 3. The molecule has 6 N–H and O–H groups in total. The summed E-state index contributed by atoms with van der Waals surface area (Å²) in [5, 5.41) is 7.82. The minimum atomic E-state index is -0.529. The number of nitrogens with zero attached hydrogens (tertiary/aromatic N) is 4. The third-order valence-electron chi connectivity index (χ3n) is 2.52. The van der Waals surface area contributed by atoms with E-state index in [1.54, 1.807) is 24.3 Å². The van der Waals surface area contributed by atoms with Crippen LogP contribution in [-0.2, 0) is 4.74 Å². The van der Waals surface area contributed by atoms with E-state index in [1.165, 1.54) is 7.11 Å². The Morgan fingerprint density at radius 2 is 1.71 bits per heavy atom. The van der Waals surface area contributed by atoms with E-state index in [2.05, 4.69) is 24.9 Å². The van der Waals surface area contributed by atoms with Crippen molar-refractivity contribution in [3.63, 3.8) is 0 Å². The Kier molecular flexibility index (Phi) is 3.93. The fourth-order valence-electron chi connectivity index (χ4n) is 1.56. The molecule has 0 amide bonds. The van der Waals surface area contributed by atoms with Crippen molar-refractivity contribution in [1.82, 2.24) is 9.97 Å². The van der Waals surface area contributed by atoms with E-state index in [4.69, 9.17) is 17.2 Å². The molecule has 0 radical (unpaired) electrons. The standard InChI is InChI=1S/C12H13N7O2/c1-21-11(20)6-4-2-3-5-7(6)18-19-8-9(13)16-12(15)17-10(8)14/h2-5H,1H3,(H6,13,14,15,16,17). The molecular formula is C12H13N7O2. The molecule has 2 aromatic rings. The molecule has 0 saturated heterocycles. The highest BCUT2D eigenvalue weighted by molar-refractivity contribution is 5.94. The molecule has 21 heavy (non-hydrogen) atoms. The Hall–Kier alpha value is -3.23. The normalized spacial score (nSPS) is 10.7. The highest BCUT2D eigenvalue weighted by atomic mass is 16.5. The molecule has 9 heteroatoms. The monoisotopic (exact) mass is 287 g/mol. The summed E-state index contributed by atoms with van der Waals surface area (Å²) in [7, 11) is 1.28. The lowest BCUT2D eigenvalue weighted by molar-refractivity contribution is 0.0601. The highest BCUT2D eigenvalue weighted by Gasteiger charge is 2.12. The second-order valence-corrected chi connectivity index (χ2v) is 3.91. The molecular weight excluding hydrogens is 274 g/mol. The summed E-state index contributed by atoms with van der Waals surface area (Å²) >= 11 is 0. The highest BCUT2D eigenvalue weighted by Crippen LogP contribution is 2.29. The quantitative estimate of drug-likeness (QED) is 0.569. The first-order valence-corrected chi connectivity index (χ1v) is 5.80. The van der Waals surface area contributed by atoms with Crippen molar-refractivity contribution in [3.8, 4) is 0 Å². The van der Waals surface area contributed by atoms with Gasteiger partial charge in [-0.15, -0.1) is 10.2 Å². The number of nitrogen functional groups attached to an aromatic ring is 3. The largest absolute Gasteiger partial charge is 0.465 e. The Bertz CT molecular complexity index is 691. The average molecular weight is 287 g/mol. The topological polar surface area (TPSA) is 155 Å². The van der Waals surface area contributed by atoms with Crippen LogP contribution in [0.5, 0.6) is 0 Å². The van der Waals surface area contributed by atoms with Gasteiger partial charge in [-0.1, -0.05) is 12.1 Å². The third kappa shape index (κ3) is 3.03. The summed E-state index contributed by atoms with van der Waals surface area (Å²) < 4.78 is 4.66. The number of nitrogens with two attached hydrogens (primary N) is 3. The van der Waals surface area contributed by atoms with Crippen molar-refractivity contribution in [1.29, 1.82) is 0 Å². The van der Waals surface area contributed by atoms with Gasteiger partial charge in [-0.2, -0.15) is 9.97 Å². The predicted octanol–water partition coefficient (Wildman–Crippen LogP) is 1.43. The van der Waals surface area contributed by atoms with Crippen LogP contribution in [0, 0.1) is 0 Å². The summed E-state index contributed by atoms with van der Waals surface area (Å²) in [5.41, 5.74) is 17.4. The van der Waals surface area contributed by atoms with Crippen LogP contribution in [0.1, 0.15) is 10.4 Å². The summed E-state index contributed by atoms with van der Waals surface area (Å²) in [6.45, 7) is 0. The summed E-state index contributed by atoms with van der Waals surface area (Å²) in [6, 6.07) is 6.54. The van der Waals surface area contributed by atoms with Crippen molar-refractivity contribution >= 4 is 34.9 Å². The van der Waals surface area contributed by atoms with Crippen LogP contribution >= 0.6 is 0 Å². The van der Waals surface area contributed by atoms with Gasteiger partial charge in [0.05, 0.1) is 12.7 Å². The second kappa shape index (κ2) is 5.82. The molecule has 1 heterocycles. The second-order valence-electron chi connectivity index (χ2n) is 3.91. The number of ether oxygens (including phenoxy) is 1. The predicted molar refractivity (Wildman–Crippen MR) is 77.2 cm³/mol. The van der Waals surface area contributed by atoms with Gasteiger partial charge in [-0.05, 0) is 12.1 Å². The van der Waals surface area contributed by atoms with E-state index in [0.717, 1.165) is 0 Å². The molecule has 0 aliphatic carbocycles. The average Bonchev–Trinajstić information content (AvgIpc) is 2.45. The minimum absolute atomic E-state index is 0.000649. The van der Waals surface area contributed by atoms with Crippen LogP contribution in [0.2, 0.25) is 0 Å². The Balaban J connectivity index is 2.41. The van der Waals surface area contributed by atoms with Gasteiger partial charge in [0, 0.05) is 0 Å². The molecule has 0 aliphatic heterocycles. The minimum Gasteiger partial charge on any atom is -0.465 e. The Morgan fingerprint density at radius 1 is 1.10 bits per heavy atom. The van der Waals surface area contributed by atoms with Crippen LogP contribution in [-0.4, -0.2) is 23.0 Å². The van der Waals surface area contributed by atoms with E-state index in [9.17, 15) is 4.79 Å². The molecule has 0 unspecified atom stereocenters. The number of hydrogen-bond donors (Lipinski definition) is 3. The number of hydrogen-bond acceptors (Lipinski definition) is 9. The van der Waals surface area contributed by atoms with E-state index >= 15 is 0 Å². The van der Waals surface area contributed by atoms with Crippen LogP contribution in [0.15, 0.2) is 34.5 Å². The summed E-state index contributed by atoms with van der Waals surface area (Å²) in [6.07, 6.45) is 0. The maximum Gasteiger partial charge on any atom is 0.340 e. The molecule has 1 aromatic heterocycles. The van der Waals surface area contributed by atoms with Crippen molar-refractivity contribution in [3.05, 3.63) is 29.8 Å². The van der Waals surface area contributed by atoms with E-state index in [0.29, 0.717) is 5.69 Å². The molecule has 1 aromatic carbocycles. The fourth-order valence-corrected chi connectivity index (χ4v) is 1.56. The number of benzene rings is 1. The zero-order chi connectivity index (χ0) is 15.4. The molecule has 0 bridgehead atoms. The maximum absolute atomic E-state index is 11.6. The molecule has 0 saturated carbocycles. The van der Waals surface area contributed by atoms with Gasteiger partial charge in [0.15, 0.2) is 17.3 Å². The number of aromatic nitrogens is 2. The van der Waals surface area contributed by atoms with Gasteiger partial charge in [0.1, 0.15) is 5.69 Å². The number of carbonyl (C=O) groups excluding carboxylic acids is 1. The lowest BCUT2D eigenvalue weighted by Gasteiger charge is -2.04. The van der Waals surface area contributed by atoms with E-state index < -0.39 is 5.97 Å². The van der Waals surface area contributed by atoms with Crippen molar-refractivity contribution < 1.29 is 9.53 Å². The Labute approximate surface area is 119 Å². The number of azo groups is 1. The maximum atomic E-state index is 11.6. The SMILES string of the molecule is COC(=O)c1ccccc1N=Nc1c(N)nc(N)nc1N. The van der Waals surface area contributed by atoms with Crippen LogP contribution in [0.4, 0.5) is 29.0 Å². The van der Waals surface area contributed by atoms with Gasteiger partial charge in [0.25, 0.3) is 0 Å². The lowest BCUT2D eigenvalue weighted by Crippen LogP contribution is -2.03. The molecule has 2 rings (SSSR count). The zero-order valence-electron chi connectivity index (χ0n) is 11.1. The van der Waals surface area contributed by atoms with Gasteiger partial charge in [0.2, 0.25) is 5.95 Å². The summed E-state index contributed by atoms with van der Waals surface area (Å²) in [5.74, 6) is -0.587. The first kappa shape index (κ1) is 14.2. The molecule has 0 atom stereocenters. The Morgan fingerprint density at radius 3 is 2.33 bits per heavy atom. The van der Waals surface area contributed by atoms with Gasteiger partial charge in [-0.25, -0.2) is 4.79 Å². The first-order valence-electron chi connectivity index (χ1n) is 5.80. The number of carbonyl (C=O) groups is 1. The number of rotatable bonds is 3. The van der Waals surface area contributed by atoms with E-state index in [1.807, 2.05) is 0 Å². The lowest BCUT2D eigenvalue weighted by atomic mass is 10.2. The van der Waals surface area contributed by atoms with Crippen molar-refractivity contribution in [2.45, 2.75) is 0 Å². The van der Waals surface area contributed by atoms with Gasteiger partial charge >= 0.3 is 5.97 Å². The van der Waals surface area contributed by atoms with E-state index in [-0.39, 0.29) is 28.8 Å². The molecule has 108 valence electrons. The van der Waals surface area contributed by atoms with Crippen LogP contribution in [0.3, 0.4) is 0 Å². The molecule has 0 spiro atoms. The van der Waals surface area contributed by atoms with Gasteiger partial charge < -0.3 is 21.9 Å². The molecule has 0 aliphatic rings. The zero-order valence-corrected chi connectivity index (χ0v) is 11.1. The van der Waals surface area contributed by atoms with Crippen LogP contribution in [0.25, 0.3) is 0 Å². The van der Waals surface area contributed by atoms with Gasteiger partial charge in [-0.3, -0.25) is 0 Å². The molecule has 0 fully saturated rings. The first-order chi connectivity index (χ1) is 10.0. The van der Waals surface area contributed by atoms with Crippen molar-refractivity contribution in [2.75, 3.05) is 24.3 Å². The number of esters is 1. The molecule has 9 nitrogen and oxygen atoms in total. The van der Waals surface area contributed by atoms with Crippen LogP contribution < -0.4 is 17.2 Å².